The topological polar surface area (TPSA) is 89.6 Å². The Balaban J connectivity index is 2.12. The van der Waals surface area contributed by atoms with Crippen LogP contribution in [0, 0.1) is 12.7 Å². The van der Waals surface area contributed by atoms with Crippen LogP contribution in [0.1, 0.15) is 21.5 Å². The molecular weight excluding hydrogens is 301 g/mol. The molecule has 0 aromatic heterocycles. The summed E-state index contributed by atoms with van der Waals surface area (Å²) in [5, 5.41) is 9.21. The van der Waals surface area contributed by atoms with Gasteiger partial charge >= 0.3 is 5.97 Å². The van der Waals surface area contributed by atoms with Crippen LogP contribution in [0.2, 0.25) is 0 Å². The summed E-state index contributed by atoms with van der Waals surface area (Å²) >= 11 is 0. The standard InChI is InChI=1S/C17H16FNO4/c1-10-6-12(9-20)16(14(18)7-10)23-17(22)15(19)8-11-2-4-13(21)5-3-11/h2-7,9,15,21H,8,19H2,1H3/t15-/m0/s1. The zero-order valence-electron chi connectivity index (χ0n) is 12.5. The molecule has 0 spiro atoms. The van der Waals surface area contributed by atoms with Gasteiger partial charge in [0.1, 0.15) is 11.8 Å². The van der Waals surface area contributed by atoms with Gasteiger partial charge in [0.05, 0.1) is 5.56 Å². The molecule has 6 heteroatoms. The second-order valence-corrected chi connectivity index (χ2v) is 5.18. The van der Waals surface area contributed by atoms with Gasteiger partial charge in [-0.1, -0.05) is 12.1 Å². The van der Waals surface area contributed by atoms with Crippen molar-refractivity contribution < 1.29 is 23.8 Å². The van der Waals surface area contributed by atoms with Crippen LogP contribution in [0.25, 0.3) is 0 Å². The minimum atomic E-state index is -1.03. The first-order valence-corrected chi connectivity index (χ1v) is 6.91. The van der Waals surface area contributed by atoms with E-state index in [0.29, 0.717) is 17.4 Å². The number of esters is 1. The van der Waals surface area contributed by atoms with Crippen molar-refractivity contribution >= 4 is 12.3 Å². The minimum Gasteiger partial charge on any atom is -0.508 e. The molecule has 0 saturated carbocycles. The van der Waals surface area contributed by atoms with Crippen LogP contribution in [0.3, 0.4) is 0 Å². The Hall–Kier alpha value is -2.73. The highest BCUT2D eigenvalue weighted by Gasteiger charge is 2.21. The van der Waals surface area contributed by atoms with Crippen LogP contribution in [-0.2, 0) is 11.2 Å². The lowest BCUT2D eigenvalue weighted by Crippen LogP contribution is -2.36. The molecular formula is C17H16FNO4. The Morgan fingerprint density at radius 2 is 2.00 bits per heavy atom. The van der Waals surface area contributed by atoms with Gasteiger partial charge in [-0.3, -0.25) is 4.79 Å². The molecule has 0 heterocycles. The molecule has 2 rings (SSSR count). The van der Waals surface area contributed by atoms with Gasteiger partial charge < -0.3 is 15.6 Å². The number of carbonyl (C=O) groups excluding carboxylic acids is 2. The summed E-state index contributed by atoms with van der Waals surface area (Å²) in [6.07, 6.45) is 0.577. The predicted molar refractivity (Wildman–Crippen MR) is 81.9 cm³/mol. The Morgan fingerprint density at radius 3 is 2.61 bits per heavy atom. The predicted octanol–water partition coefficient (Wildman–Crippen LogP) is 2.13. The molecule has 23 heavy (non-hydrogen) atoms. The lowest BCUT2D eigenvalue weighted by atomic mass is 10.1. The first-order valence-electron chi connectivity index (χ1n) is 6.91. The molecule has 0 aliphatic carbocycles. The van der Waals surface area contributed by atoms with Crippen LogP contribution in [0.4, 0.5) is 4.39 Å². The number of phenols is 1. The van der Waals surface area contributed by atoms with Crippen LogP contribution < -0.4 is 10.5 Å². The van der Waals surface area contributed by atoms with E-state index in [4.69, 9.17) is 10.5 Å². The maximum atomic E-state index is 13.9. The van der Waals surface area contributed by atoms with Crippen molar-refractivity contribution in [3.05, 3.63) is 58.9 Å². The Labute approximate surface area is 132 Å². The number of benzene rings is 2. The normalized spacial score (nSPS) is 11.8. The lowest BCUT2D eigenvalue weighted by Gasteiger charge is -2.13. The van der Waals surface area contributed by atoms with Crippen molar-refractivity contribution in [2.45, 2.75) is 19.4 Å². The molecule has 0 amide bonds. The molecule has 0 bridgehead atoms. The average molecular weight is 317 g/mol. The summed E-state index contributed by atoms with van der Waals surface area (Å²) in [7, 11) is 0. The van der Waals surface area contributed by atoms with E-state index in [9.17, 15) is 19.1 Å². The first kappa shape index (κ1) is 16.6. The van der Waals surface area contributed by atoms with E-state index in [1.165, 1.54) is 24.3 Å². The zero-order chi connectivity index (χ0) is 17.0. The largest absolute Gasteiger partial charge is 0.508 e. The molecule has 0 aliphatic heterocycles. The van der Waals surface area contributed by atoms with Gasteiger partial charge in [0, 0.05) is 0 Å². The lowest BCUT2D eigenvalue weighted by molar-refractivity contribution is -0.136. The van der Waals surface area contributed by atoms with Gasteiger partial charge in [-0.25, -0.2) is 9.18 Å². The van der Waals surface area contributed by atoms with E-state index in [-0.39, 0.29) is 17.7 Å². The first-order chi connectivity index (χ1) is 10.9. The number of aldehydes is 1. The van der Waals surface area contributed by atoms with Crippen molar-refractivity contribution in [2.75, 3.05) is 0 Å². The van der Waals surface area contributed by atoms with Crippen molar-refractivity contribution in [1.29, 1.82) is 0 Å². The number of carbonyl (C=O) groups is 2. The Morgan fingerprint density at radius 1 is 1.35 bits per heavy atom. The minimum absolute atomic E-state index is 0.0484. The second-order valence-electron chi connectivity index (χ2n) is 5.18. The number of phenolic OH excluding ortho intramolecular Hbond substituents is 1. The number of halogens is 1. The van der Waals surface area contributed by atoms with Crippen molar-refractivity contribution in [2.24, 2.45) is 5.73 Å². The summed E-state index contributed by atoms with van der Waals surface area (Å²) in [5.74, 6) is -1.96. The highest BCUT2D eigenvalue weighted by atomic mass is 19.1. The van der Waals surface area contributed by atoms with E-state index in [2.05, 4.69) is 0 Å². The highest BCUT2D eigenvalue weighted by Crippen LogP contribution is 2.24. The zero-order valence-corrected chi connectivity index (χ0v) is 12.5. The number of rotatable bonds is 5. The molecule has 120 valence electrons. The van der Waals surface area contributed by atoms with Gasteiger partial charge in [-0.15, -0.1) is 0 Å². The van der Waals surface area contributed by atoms with Crippen LogP contribution in [0.15, 0.2) is 36.4 Å². The van der Waals surface area contributed by atoms with E-state index in [1.54, 1.807) is 19.1 Å². The van der Waals surface area contributed by atoms with E-state index in [1.807, 2.05) is 0 Å². The Bertz CT molecular complexity index is 728. The van der Waals surface area contributed by atoms with Gasteiger partial charge in [0.25, 0.3) is 0 Å². The molecule has 0 unspecified atom stereocenters. The molecule has 1 atom stereocenters. The maximum Gasteiger partial charge on any atom is 0.328 e. The van der Waals surface area contributed by atoms with Crippen LogP contribution in [0.5, 0.6) is 11.5 Å². The van der Waals surface area contributed by atoms with Crippen molar-refractivity contribution in [3.63, 3.8) is 0 Å². The third-order valence-corrected chi connectivity index (χ3v) is 3.24. The summed E-state index contributed by atoms with van der Waals surface area (Å²) < 4.78 is 18.8. The molecule has 0 fully saturated rings. The van der Waals surface area contributed by atoms with Crippen LogP contribution >= 0.6 is 0 Å². The summed E-state index contributed by atoms with van der Waals surface area (Å²) in [6.45, 7) is 1.62. The molecule has 0 radical (unpaired) electrons. The summed E-state index contributed by atoms with van der Waals surface area (Å²) in [5.41, 5.74) is 6.97. The quantitative estimate of drug-likeness (QED) is 0.501. The van der Waals surface area contributed by atoms with E-state index in [0.717, 1.165) is 0 Å². The number of aromatic hydroxyl groups is 1. The molecule has 2 aromatic rings. The molecule has 2 aromatic carbocycles. The SMILES string of the molecule is Cc1cc(F)c(OC(=O)[C@@H](N)Cc2ccc(O)cc2)c(C=O)c1. The Kier molecular flexibility index (Phi) is 5.08. The fourth-order valence-electron chi connectivity index (χ4n) is 2.10. The smallest absolute Gasteiger partial charge is 0.328 e. The number of ether oxygens (including phenoxy) is 1. The van der Waals surface area contributed by atoms with Gasteiger partial charge in [0.2, 0.25) is 0 Å². The van der Waals surface area contributed by atoms with Crippen molar-refractivity contribution in [3.8, 4) is 11.5 Å². The maximum absolute atomic E-state index is 13.9. The highest BCUT2D eigenvalue weighted by molar-refractivity contribution is 5.84. The summed E-state index contributed by atoms with van der Waals surface area (Å²) in [4.78, 5) is 23.0. The molecule has 0 saturated heterocycles. The molecule has 0 aliphatic rings. The number of hydrogen-bond acceptors (Lipinski definition) is 5. The van der Waals surface area contributed by atoms with Crippen LogP contribution in [-0.4, -0.2) is 23.4 Å². The summed E-state index contributed by atoms with van der Waals surface area (Å²) in [6, 6.07) is 7.73. The van der Waals surface area contributed by atoms with E-state index >= 15 is 0 Å². The number of nitrogens with two attached hydrogens (primary N) is 1. The molecule has 5 nitrogen and oxygen atoms in total. The third-order valence-electron chi connectivity index (χ3n) is 3.24. The van der Waals surface area contributed by atoms with E-state index < -0.39 is 23.6 Å². The molecule has 3 N–H and O–H groups in total. The van der Waals surface area contributed by atoms with Gasteiger partial charge in [0.15, 0.2) is 17.9 Å². The second kappa shape index (κ2) is 7.02. The van der Waals surface area contributed by atoms with Gasteiger partial charge in [-0.05, 0) is 48.7 Å². The van der Waals surface area contributed by atoms with Gasteiger partial charge in [-0.2, -0.15) is 0 Å². The number of hydrogen-bond donors (Lipinski definition) is 2. The fraction of sp³-hybridized carbons (Fsp3) is 0.176. The fourth-order valence-corrected chi connectivity index (χ4v) is 2.10. The average Bonchev–Trinajstić information content (AvgIpc) is 2.51. The van der Waals surface area contributed by atoms with Crippen molar-refractivity contribution in [1.82, 2.24) is 0 Å². The third kappa shape index (κ3) is 4.14. The number of aryl methyl sites for hydroxylation is 1. The monoisotopic (exact) mass is 317 g/mol.